The van der Waals surface area contributed by atoms with E-state index in [0.717, 1.165) is 38.3 Å². The van der Waals surface area contributed by atoms with E-state index in [1.807, 2.05) is 18.3 Å². The van der Waals surface area contributed by atoms with E-state index < -0.39 is 0 Å². The third-order valence-corrected chi connectivity index (χ3v) is 5.44. The minimum atomic E-state index is 0.593. The van der Waals surface area contributed by atoms with Crippen LogP contribution in [0.3, 0.4) is 0 Å². The van der Waals surface area contributed by atoms with Crippen molar-refractivity contribution in [1.29, 1.82) is 0 Å². The molecule has 1 aliphatic rings. The maximum absolute atomic E-state index is 5.42. The monoisotopic (exact) mass is 398 g/mol. The summed E-state index contributed by atoms with van der Waals surface area (Å²) >= 11 is 0. The Kier molecular flexibility index (Phi) is 6.99. The van der Waals surface area contributed by atoms with Gasteiger partial charge < -0.3 is 19.1 Å². The lowest BCUT2D eigenvalue weighted by Crippen LogP contribution is -3.13. The topological polar surface area (TPSA) is 47.7 Å². The Morgan fingerprint density at radius 2 is 1.62 bits per heavy atom. The molecular formula is C23H32N3O3+. The van der Waals surface area contributed by atoms with Crippen LogP contribution < -0.4 is 19.1 Å². The highest BCUT2D eigenvalue weighted by Gasteiger charge is 2.19. The van der Waals surface area contributed by atoms with Crippen LogP contribution in [0.5, 0.6) is 17.2 Å². The van der Waals surface area contributed by atoms with Crippen LogP contribution in [-0.4, -0.2) is 58.7 Å². The van der Waals surface area contributed by atoms with Crippen molar-refractivity contribution in [2.75, 3.05) is 47.5 Å². The predicted molar refractivity (Wildman–Crippen MR) is 116 cm³/mol. The summed E-state index contributed by atoms with van der Waals surface area (Å²) in [7, 11) is 4.85. The molecule has 0 amide bonds. The van der Waals surface area contributed by atoms with Gasteiger partial charge in [-0.1, -0.05) is 23.8 Å². The number of ether oxygens (including phenoxy) is 3. The number of hydrogen-bond acceptors (Lipinski definition) is 5. The van der Waals surface area contributed by atoms with Crippen molar-refractivity contribution in [3.05, 3.63) is 52.6 Å². The van der Waals surface area contributed by atoms with E-state index in [1.165, 1.54) is 16.7 Å². The molecule has 0 aliphatic carbocycles. The van der Waals surface area contributed by atoms with Crippen LogP contribution in [0.2, 0.25) is 0 Å². The number of benzene rings is 2. The minimum absolute atomic E-state index is 0.593. The largest absolute Gasteiger partial charge is 0.493 e. The van der Waals surface area contributed by atoms with E-state index in [9.17, 15) is 0 Å². The number of nitrogens with one attached hydrogen (secondary N) is 1. The smallest absolute Gasteiger partial charge is 0.203 e. The van der Waals surface area contributed by atoms with Gasteiger partial charge >= 0.3 is 0 Å². The summed E-state index contributed by atoms with van der Waals surface area (Å²) in [4.78, 5) is 1.61. The molecule has 1 aliphatic heterocycles. The van der Waals surface area contributed by atoms with Gasteiger partial charge in [0.15, 0.2) is 11.5 Å². The number of methoxy groups -OCH3 is 3. The van der Waals surface area contributed by atoms with E-state index in [1.54, 1.807) is 26.2 Å². The minimum Gasteiger partial charge on any atom is -0.493 e. The van der Waals surface area contributed by atoms with Crippen LogP contribution in [0.25, 0.3) is 0 Å². The van der Waals surface area contributed by atoms with Crippen LogP contribution >= 0.6 is 0 Å². The average Bonchev–Trinajstić information content (AvgIpc) is 2.74. The number of nitrogens with zero attached hydrogens (tertiary/aromatic N) is 2. The van der Waals surface area contributed by atoms with Crippen molar-refractivity contribution < 1.29 is 19.1 Å². The van der Waals surface area contributed by atoms with Gasteiger partial charge in [-0.05, 0) is 31.5 Å². The molecule has 1 fully saturated rings. The molecule has 0 saturated carbocycles. The number of hydrazone groups is 1. The Morgan fingerprint density at radius 3 is 2.17 bits per heavy atom. The molecule has 6 heteroatoms. The Bertz CT molecular complexity index is 833. The molecular weight excluding hydrogens is 366 g/mol. The van der Waals surface area contributed by atoms with Gasteiger partial charge in [-0.2, -0.15) is 5.10 Å². The zero-order chi connectivity index (χ0) is 20.8. The van der Waals surface area contributed by atoms with Gasteiger partial charge in [-0.3, -0.25) is 5.01 Å². The maximum Gasteiger partial charge on any atom is 0.203 e. The molecule has 2 aromatic carbocycles. The molecule has 6 nitrogen and oxygen atoms in total. The summed E-state index contributed by atoms with van der Waals surface area (Å²) in [6, 6.07) is 10.6. The predicted octanol–water partition coefficient (Wildman–Crippen LogP) is 2.06. The lowest BCUT2D eigenvalue weighted by molar-refractivity contribution is -0.918. The highest BCUT2D eigenvalue weighted by molar-refractivity contribution is 5.82. The van der Waals surface area contributed by atoms with Crippen LogP contribution in [0.4, 0.5) is 0 Å². The molecule has 0 radical (unpaired) electrons. The van der Waals surface area contributed by atoms with Gasteiger partial charge in [-0.25, -0.2) is 0 Å². The number of hydrogen-bond donors (Lipinski definition) is 1. The molecule has 3 rings (SSSR count). The molecule has 0 aromatic heterocycles. The van der Waals surface area contributed by atoms with Crippen LogP contribution in [-0.2, 0) is 6.54 Å². The fourth-order valence-corrected chi connectivity index (χ4v) is 3.74. The first-order chi connectivity index (χ1) is 14.0. The summed E-state index contributed by atoms with van der Waals surface area (Å²) in [6.07, 6.45) is 1.86. The van der Waals surface area contributed by atoms with Crippen LogP contribution in [0.15, 0.2) is 35.4 Å². The first-order valence-corrected chi connectivity index (χ1v) is 10.0. The van der Waals surface area contributed by atoms with Crippen LogP contribution in [0.1, 0.15) is 22.3 Å². The van der Waals surface area contributed by atoms with Gasteiger partial charge in [-0.15, -0.1) is 0 Å². The van der Waals surface area contributed by atoms with Crippen molar-refractivity contribution in [1.82, 2.24) is 5.01 Å². The maximum atomic E-state index is 5.42. The molecule has 0 spiro atoms. The number of aryl methyl sites for hydroxylation is 2. The highest BCUT2D eigenvalue weighted by Crippen LogP contribution is 2.37. The molecule has 1 N–H and O–H groups in total. The number of piperazine rings is 1. The highest BCUT2D eigenvalue weighted by atomic mass is 16.5. The van der Waals surface area contributed by atoms with Crippen LogP contribution in [0, 0.1) is 13.8 Å². The molecule has 1 heterocycles. The Morgan fingerprint density at radius 1 is 0.966 bits per heavy atom. The van der Waals surface area contributed by atoms with Crippen molar-refractivity contribution in [2.45, 2.75) is 20.4 Å². The van der Waals surface area contributed by atoms with E-state index in [4.69, 9.17) is 14.2 Å². The summed E-state index contributed by atoms with van der Waals surface area (Å²) in [6.45, 7) is 9.49. The molecule has 1 saturated heterocycles. The zero-order valence-electron chi connectivity index (χ0n) is 18.1. The molecule has 29 heavy (non-hydrogen) atoms. The molecule has 0 atom stereocenters. The van der Waals surface area contributed by atoms with Gasteiger partial charge in [0.2, 0.25) is 5.75 Å². The summed E-state index contributed by atoms with van der Waals surface area (Å²) in [5.41, 5.74) is 5.08. The van der Waals surface area contributed by atoms with Crippen molar-refractivity contribution in [2.24, 2.45) is 5.10 Å². The first kappa shape index (κ1) is 21.0. The third kappa shape index (κ3) is 5.21. The first-order valence-electron chi connectivity index (χ1n) is 10.0. The molecule has 156 valence electrons. The van der Waals surface area contributed by atoms with Gasteiger partial charge in [0.1, 0.15) is 6.54 Å². The van der Waals surface area contributed by atoms with E-state index >= 15 is 0 Å². The van der Waals surface area contributed by atoms with Crippen molar-refractivity contribution in [3.8, 4) is 17.2 Å². The number of rotatable bonds is 7. The number of quaternary nitrogens is 1. The van der Waals surface area contributed by atoms with Crippen molar-refractivity contribution in [3.63, 3.8) is 0 Å². The average molecular weight is 399 g/mol. The zero-order valence-corrected chi connectivity index (χ0v) is 18.1. The summed E-state index contributed by atoms with van der Waals surface area (Å²) < 4.78 is 16.2. The second-order valence-electron chi connectivity index (χ2n) is 7.51. The van der Waals surface area contributed by atoms with Gasteiger partial charge in [0, 0.05) is 11.1 Å². The fraction of sp³-hybridized carbons (Fsp3) is 0.435. The molecule has 2 aromatic rings. The Balaban J connectivity index is 1.60. The fourth-order valence-electron chi connectivity index (χ4n) is 3.74. The van der Waals surface area contributed by atoms with E-state index in [2.05, 4.69) is 42.2 Å². The lowest BCUT2D eigenvalue weighted by atomic mass is 10.1. The van der Waals surface area contributed by atoms with Crippen molar-refractivity contribution >= 4 is 6.21 Å². The van der Waals surface area contributed by atoms with Gasteiger partial charge in [0.05, 0.1) is 53.7 Å². The third-order valence-electron chi connectivity index (χ3n) is 5.44. The normalized spacial score (nSPS) is 15.0. The summed E-state index contributed by atoms with van der Waals surface area (Å²) in [5.74, 6) is 1.86. The molecule has 0 bridgehead atoms. The SMILES string of the molecule is COc1cc(C=NN2CC[NH+](Cc3ccc(C)cc3C)CC2)cc(OC)c1OC. The molecule has 0 unspecified atom stereocenters. The standard InChI is InChI=1S/C23H31N3O3/c1-17-6-7-20(18(2)12-17)16-25-8-10-26(11-9-25)24-15-19-13-21(27-3)23(29-5)22(14-19)28-4/h6-7,12-15H,8-11,16H2,1-5H3/p+1. The second kappa shape index (κ2) is 9.65. The Labute approximate surface area is 173 Å². The lowest BCUT2D eigenvalue weighted by Gasteiger charge is -2.30. The quantitative estimate of drug-likeness (QED) is 0.726. The van der Waals surface area contributed by atoms with E-state index in [0.29, 0.717) is 17.2 Å². The van der Waals surface area contributed by atoms with Gasteiger partial charge in [0.25, 0.3) is 0 Å². The summed E-state index contributed by atoms with van der Waals surface area (Å²) in [5, 5.41) is 6.81. The van der Waals surface area contributed by atoms with E-state index in [-0.39, 0.29) is 0 Å². The Hall–Kier alpha value is -2.73. The second-order valence-corrected chi connectivity index (χ2v) is 7.51.